The minimum absolute atomic E-state index is 0.0143. The van der Waals surface area contributed by atoms with Crippen LogP contribution in [0.3, 0.4) is 0 Å². The molecule has 0 spiro atoms. The lowest BCUT2D eigenvalue weighted by Gasteiger charge is -2.23. The fraction of sp³-hybridized carbons (Fsp3) is 0.462. The zero-order valence-corrected chi connectivity index (χ0v) is 12.0. The van der Waals surface area contributed by atoms with E-state index in [0.717, 1.165) is 36.5 Å². The average molecular weight is 319 g/mol. The molecule has 1 saturated heterocycles. The number of nitrogen functional groups attached to an aromatic ring is 1. The molecule has 4 nitrogen and oxygen atoms in total. The van der Waals surface area contributed by atoms with E-state index in [1.54, 1.807) is 0 Å². The van der Waals surface area contributed by atoms with Gasteiger partial charge in [0.2, 0.25) is 0 Å². The standard InChI is InChI=1S/C13H16F3N3OS/c14-13(15,16)10-7-8(1-2-11(10)19-17)12(20)18-9-3-5-21-6-4-9/h1-2,7,9,19H,3-6,17H2,(H,18,20). The van der Waals surface area contributed by atoms with Crippen LogP contribution < -0.4 is 16.6 Å². The number of hydrogen-bond donors (Lipinski definition) is 3. The van der Waals surface area contributed by atoms with Crippen LogP contribution in [0.1, 0.15) is 28.8 Å². The smallest absolute Gasteiger partial charge is 0.349 e. The number of thioether (sulfide) groups is 1. The van der Waals surface area contributed by atoms with Crippen LogP contribution in [0.5, 0.6) is 0 Å². The molecule has 4 N–H and O–H groups in total. The van der Waals surface area contributed by atoms with E-state index in [2.05, 4.69) is 5.32 Å². The molecule has 0 atom stereocenters. The number of anilines is 1. The highest BCUT2D eigenvalue weighted by atomic mass is 32.2. The Morgan fingerprint density at radius 3 is 2.52 bits per heavy atom. The first-order chi connectivity index (χ1) is 9.91. The number of amides is 1. The summed E-state index contributed by atoms with van der Waals surface area (Å²) in [5, 5.41) is 2.78. The van der Waals surface area contributed by atoms with Gasteiger partial charge in [0.15, 0.2) is 0 Å². The molecule has 0 saturated carbocycles. The summed E-state index contributed by atoms with van der Waals surface area (Å²) in [5.41, 5.74) is 0.777. The second kappa shape index (κ2) is 6.57. The molecule has 21 heavy (non-hydrogen) atoms. The van der Waals surface area contributed by atoms with Crippen LogP contribution in [0.2, 0.25) is 0 Å². The molecule has 0 aliphatic carbocycles. The molecule has 1 aliphatic heterocycles. The number of hydrogen-bond acceptors (Lipinski definition) is 4. The fourth-order valence-corrected chi connectivity index (χ4v) is 3.26. The van der Waals surface area contributed by atoms with Gasteiger partial charge in [-0.3, -0.25) is 10.6 Å². The largest absolute Gasteiger partial charge is 0.418 e. The predicted octanol–water partition coefficient (Wildman–Crippen LogP) is 2.62. The first kappa shape index (κ1) is 16.0. The molecular formula is C13H16F3N3OS. The summed E-state index contributed by atoms with van der Waals surface area (Å²) in [6.45, 7) is 0. The van der Waals surface area contributed by atoms with E-state index >= 15 is 0 Å². The number of halogens is 3. The Labute approximate surface area is 124 Å². The monoisotopic (exact) mass is 319 g/mol. The summed E-state index contributed by atoms with van der Waals surface area (Å²) in [7, 11) is 0. The highest BCUT2D eigenvalue weighted by Gasteiger charge is 2.34. The Morgan fingerprint density at radius 1 is 1.29 bits per heavy atom. The Kier molecular flexibility index (Phi) is 5.00. The molecule has 1 aromatic rings. The highest BCUT2D eigenvalue weighted by Crippen LogP contribution is 2.35. The predicted molar refractivity (Wildman–Crippen MR) is 77.1 cm³/mol. The summed E-state index contributed by atoms with van der Waals surface area (Å²) < 4.78 is 38.7. The number of nitrogens with two attached hydrogens (primary N) is 1. The van der Waals surface area contributed by atoms with Crippen LogP contribution >= 0.6 is 11.8 Å². The van der Waals surface area contributed by atoms with Gasteiger partial charge in [0.1, 0.15) is 0 Å². The number of nitrogens with one attached hydrogen (secondary N) is 2. The maximum Gasteiger partial charge on any atom is 0.418 e. The summed E-state index contributed by atoms with van der Waals surface area (Å²) >= 11 is 1.81. The van der Waals surface area contributed by atoms with E-state index in [4.69, 9.17) is 5.84 Å². The second-order valence-electron chi connectivity index (χ2n) is 4.76. The third-order valence-corrected chi connectivity index (χ3v) is 4.35. The van der Waals surface area contributed by atoms with Crippen molar-refractivity contribution in [1.29, 1.82) is 0 Å². The third kappa shape index (κ3) is 4.04. The van der Waals surface area contributed by atoms with Gasteiger partial charge >= 0.3 is 6.18 Å². The van der Waals surface area contributed by atoms with Crippen LogP contribution in [-0.4, -0.2) is 23.5 Å². The molecule has 1 amide bonds. The molecule has 0 aromatic heterocycles. The maximum atomic E-state index is 12.9. The van der Waals surface area contributed by atoms with Crippen molar-refractivity contribution < 1.29 is 18.0 Å². The van der Waals surface area contributed by atoms with Gasteiger partial charge in [0.05, 0.1) is 11.3 Å². The summed E-state index contributed by atoms with van der Waals surface area (Å²) in [6.07, 6.45) is -2.89. The van der Waals surface area contributed by atoms with Crippen LogP contribution in [-0.2, 0) is 6.18 Å². The first-order valence-electron chi connectivity index (χ1n) is 6.48. The van der Waals surface area contributed by atoms with E-state index < -0.39 is 17.6 Å². The van der Waals surface area contributed by atoms with Gasteiger partial charge in [0.25, 0.3) is 5.91 Å². The number of rotatable bonds is 3. The van der Waals surface area contributed by atoms with Crippen molar-refractivity contribution in [3.63, 3.8) is 0 Å². The van der Waals surface area contributed by atoms with E-state index in [0.29, 0.717) is 0 Å². The quantitative estimate of drug-likeness (QED) is 0.592. The molecule has 116 valence electrons. The van der Waals surface area contributed by atoms with Crippen molar-refractivity contribution in [2.45, 2.75) is 25.1 Å². The Morgan fingerprint density at radius 2 is 1.95 bits per heavy atom. The van der Waals surface area contributed by atoms with E-state index in [9.17, 15) is 18.0 Å². The van der Waals surface area contributed by atoms with Crippen molar-refractivity contribution in [2.24, 2.45) is 5.84 Å². The molecule has 1 aliphatic rings. The van der Waals surface area contributed by atoms with Crippen molar-refractivity contribution in [1.82, 2.24) is 5.32 Å². The van der Waals surface area contributed by atoms with Gasteiger partial charge < -0.3 is 10.7 Å². The van der Waals surface area contributed by atoms with Crippen LogP contribution in [0.4, 0.5) is 18.9 Å². The SMILES string of the molecule is NNc1ccc(C(=O)NC2CCSCC2)cc1C(F)(F)F. The van der Waals surface area contributed by atoms with Gasteiger partial charge in [0, 0.05) is 11.6 Å². The number of alkyl halides is 3. The van der Waals surface area contributed by atoms with E-state index in [1.165, 1.54) is 6.07 Å². The zero-order valence-electron chi connectivity index (χ0n) is 11.2. The van der Waals surface area contributed by atoms with E-state index in [1.807, 2.05) is 17.2 Å². The van der Waals surface area contributed by atoms with Crippen molar-refractivity contribution in [3.8, 4) is 0 Å². The highest BCUT2D eigenvalue weighted by molar-refractivity contribution is 7.99. The molecule has 2 rings (SSSR count). The van der Waals surface area contributed by atoms with Crippen LogP contribution in [0.15, 0.2) is 18.2 Å². The molecule has 0 bridgehead atoms. The van der Waals surface area contributed by atoms with Crippen molar-refractivity contribution >= 4 is 23.4 Å². The lowest BCUT2D eigenvalue weighted by molar-refractivity contribution is -0.137. The van der Waals surface area contributed by atoms with Crippen LogP contribution in [0.25, 0.3) is 0 Å². The van der Waals surface area contributed by atoms with Gasteiger partial charge in [-0.2, -0.15) is 24.9 Å². The first-order valence-corrected chi connectivity index (χ1v) is 7.64. The summed E-state index contributed by atoms with van der Waals surface area (Å²) in [4.78, 5) is 12.1. The zero-order chi connectivity index (χ0) is 15.5. The molecular weight excluding hydrogens is 303 g/mol. The average Bonchev–Trinajstić information content (AvgIpc) is 2.46. The number of carbonyl (C=O) groups is 1. The second-order valence-corrected chi connectivity index (χ2v) is 5.99. The Balaban J connectivity index is 2.17. The van der Waals surface area contributed by atoms with Gasteiger partial charge in [-0.25, -0.2) is 0 Å². The lowest BCUT2D eigenvalue weighted by atomic mass is 10.1. The Hall–Kier alpha value is -1.41. The molecule has 1 fully saturated rings. The molecule has 1 aromatic carbocycles. The third-order valence-electron chi connectivity index (χ3n) is 3.30. The molecule has 1 heterocycles. The van der Waals surface area contributed by atoms with Gasteiger partial charge in [-0.1, -0.05) is 0 Å². The number of carbonyl (C=O) groups excluding carboxylic acids is 1. The normalized spacial score (nSPS) is 16.6. The maximum absolute atomic E-state index is 12.9. The minimum atomic E-state index is -4.57. The molecule has 0 unspecified atom stereocenters. The van der Waals surface area contributed by atoms with Crippen molar-refractivity contribution in [2.75, 3.05) is 16.9 Å². The lowest BCUT2D eigenvalue weighted by Crippen LogP contribution is -2.37. The fourth-order valence-electron chi connectivity index (χ4n) is 2.16. The topological polar surface area (TPSA) is 67.1 Å². The van der Waals surface area contributed by atoms with Gasteiger partial charge in [-0.15, -0.1) is 0 Å². The molecule has 8 heteroatoms. The van der Waals surface area contributed by atoms with Gasteiger partial charge in [-0.05, 0) is 42.5 Å². The van der Waals surface area contributed by atoms with E-state index in [-0.39, 0.29) is 17.3 Å². The van der Waals surface area contributed by atoms with Crippen molar-refractivity contribution in [3.05, 3.63) is 29.3 Å². The number of benzene rings is 1. The summed E-state index contributed by atoms with van der Waals surface area (Å²) in [5.74, 6) is 6.49. The minimum Gasteiger partial charge on any atom is -0.349 e. The number of hydrazine groups is 1. The Bertz CT molecular complexity index is 516. The van der Waals surface area contributed by atoms with Crippen LogP contribution in [0, 0.1) is 0 Å². The summed E-state index contributed by atoms with van der Waals surface area (Å²) in [6, 6.07) is 3.34. The molecule has 0 radical (unpaired) electrons.